The first kappa shape index (κ1) is 38.1. The van der Waals surface area contributed by atoms with Crippen LogP contribution in [0.5, 0.6) is 11.6 Å². The van der Waals surface area contributed by atoms with Gasteiger partial charge in [-0.3, -0.25) is 9.59 Å². The summed E-state index contributed by atoms with van der Waals surface area (Å²) in [5, 5.41) is 13.1. The van der Waals surface area contributed by atoms with Gasteiger partial charge in [0.2, 0.25) is 11.8 Å². The maximum absolute atomic E-state index is 14.2. The Labute approximate surface area is 321 Å². The Morgan fingerprint density at radius 2 is 1.96 bits per heavy atom. The third-order valence-corrected chi connectivity index (χ3v) is 13.3. The Balaban J connectivity index is 1.32. The summed E-state index contributed by atoms with van der Waals surface area (Å²) in [4.78, 5) is 35.3. The van der Waals surface area contributed by atoms with Crippen molar-refractivity contribution in [1.29, 1.82) is 0 Å². The lowest BCUT2D eigenvalue weighted by molar-refractivity contribution is -0.148. The molecule has 2 aliphatic heterocycles. The number of ether oxygens (including phenoxy) is 3. The molecule has 2 amide bonds. The first-order valence-electron chi connectivity index (χ1n) is 18.4. The second kappa shape index (κ2) is 15.2. The lowest BCUT2D eigenvalue weighted by atomic mass is 9.68. The van der Waals surface area contributed by atoms with Crippen molar-refractivity contribution in [3.8, 4) is 11.6 Å². The fourth-order valence-corrected chi connectivity index (χ4v) is 9.67. The van der Waals surface area contributed by atoms with E-state index in [2.05, 4.69) is 22.0 Å². The fourth-order valence-electron chi connectivity index (χ4n) is 8.51. The Hall–Kier alpha value is -4.17. The number of aliphatic hydroxyl groups is 1. The third-order valence-electron chi connectivity index (χ3n) is 11.8. The predicted molar refractivity (Wildman–Crippen MR) is 203 cm³/mol. The molecule has 0 saturated heterocycles. The minimum atomic E-state index is -4.52. The van der Waals surface area contributed by atoms with E-state index in [-0.39, 0.29) is 39.7 Å². The maximum atomic E-state index is 14.2. The average Bonchev–Trinajstić information content (AvgIpc) is 3.30. The first-order valence-corrected chi connectivity index (χ1v) is 20.3. The minimum Gasteiger partial charge on any atom is -0.490 e. The second-order valence-corrected chi connectivity index (χ2v) is 17.1. The molecular formula is C40H47ClN4O8S. The number of aromatic nitrogens is 1. The SMILES string of the molecule is COc1ccc(S(=O)(=O)NC(=O)[C@@]2(O)CC(=O)N(C)CC/C=C/[C@H](OC)[C@@H]3CC[C@H]3CN3C[C@@]4(CCCc5cc(Cl)ccc54)COc4ccc2cc43)cn1. The number of amides is 2. The van der Waals surface area contributed by atoms with Gasteiger partial charge in [0.1, 0.15) is 10.6 Å². The van der Waals surface area contributed by atoms with Gasteiger partial charge in [-0.25, -0.2) is 18.1 Å². The van der Waals surface area contributed by atoms with Gasteiger partial charge < -0.3 is 29.1 Å². The quantitative estimate of drug-likeness (QED) is 0.348. The zero-order valence-corrected chi connectivity index (χ0v) is 32.4. The molecular weight excluding hydrogens is 732 g/mol. The first-order chi connectivity index (χ1) is 25.9. The molecule has 14 heteroatoms. The van der Waals surface area contributed by atoms with Crippen LogP contribution in [0.4, 0.5) is 5.69 Å². The summed E-state index contributed by atoms with van der Waals surface area (Å²) in [6, 6.07) is 13.6. The van der Waals surface area contributed by atoms with Gasteiger partial charge in [-0.15, -0.1) is 0 Å². The van der Waals surface area contributed by atoms with Gasteiger partial charge in [-0.2, -0.15) is 0 Å². The summed E-state index contributed by atoms with van der Waals surface area (Å²) in [6.07, 6.45) is 9.64. The number of carbonyl (C=O) groups is 2. The van der Waals surface area contributed by atoms with E-state index >= 15 is 0 Å². The van der Waals surface area contributed by atoms with Gasteiger partial charge in [0.15, 0.2) is 5.60 Å². The highest BCUT2D eigenvalue weighted by molar-refractivity contribution is 7.90. The monoisotopic (exact) mass is 778 g/mol. The number of carbonyl (C=O) groups excluding carboxylic acids is 2. The predicted octanol–water partition coefficient (Wildman–Crippen LogP) is 4.76. The summed E-state index contributed by atoms with van der Waals surface area (Å²) >= 11 is 6.46. The highest BCUT2D eigenvalue weighted by atomic mass is 35.5. The van der Waals surface area contributed by atoms with E-state index in [0.717, 1.165) is 38.3 Å². The number of aryl methyl sites for hydroxylation is 1. The number of hydrogen-bond acceptors (Lipinski definition) is 10. The van der Waals surface area contributed by atoms with Crippen LogP contribution in [0.2, 0.25) is 5.02 Å². The van der Waals surface area contributed by atoms with Crippen LogP contribution in [-0.4, -0.2) is 88.8 Å². The Kier molecular flexibility index (Phi) is 10.7. The van der Waals surface area contributed by atoms with E-state index in [4.69, 9.17) is 25.8 Å². The summed E-state index contributed by atoms with van der Waals surface area (Å²) in [5.74, 6) is -0.507. The fraction of sp³-hybridized carbons (Fsp3) is 0.475. The normalized spacial score (nSPS) is 27.8. The molecule has 1 spiro atoms. The number of fused-ring (bicyclic) bond motifs is 4. The standard InChI is InChI=1S/C40H47ClN4O8S/c1-44-18-5-4-8-34(51-2)31-13-9-27(31)23-45-24-39(17-6-7-26-19-29(41)11-14-32(26)39)25-53-35-15-10-28(20-33(35)45)40(48,21-37(44)46)38(47)43-54(49,50)30-12-16-36(52-3)42-22-30/h4,8,10-12,14-16,19-20,22,27,31,34,48H,5-7,9,13,17-18,21,23-25H2,1-3H3,(H,43,47)/b8-4+/t27-,31+,34-,39-,40+/m0/s1. The molecule has 0 unspecified atom stereocenters. The van der Waals surface area contributed by atoms with E-state index in [1.807, 2.05) is 22.9 Å². The number of methoxy groups -OCH3 is 2. The highest BCUT2D eigenvalue weighted by Crippen LogP contribution is 2.48. The number of pyridine rings is 1. The molecule has 7 rings (SSSR count). The van der Waals surface area contributed by atoms with E-state index in [0.29, 0.717) is 49.1 Å². The largest absolute Gasteiger partial charge is 0.490 e. The lowest BCUT2D eigenvalue weighted by Gasteiger charge is -2.46. The van der Waals surface area contributed by atoms with Gasteiger partial charge in [-0.1, -0.05) is 35.9 Å². The molecule has 288 valence electrons. The number of sulfonamides is 1. The molecule has 0 radical (unpaired) electrons. The van der Waals surface area contributed by atoms with Crippen LogP contribution in [0.15, 0.2) is 71.8 Å². The topological polar surface area (TPSA) is 148 Å². The van der Waals surface area contributed by atoms with Crippen molar-refractivity contribution < 1.29 is 37.3 Å². The average molecular weight is 779 g/mol. The van der Waals surface area contributed by atoms with E-state index in [1.165, 1.54) is 41.3 Å². The van der Waals surface area contributed by atoms with Crippen LogP contribution in [0.3, 0.4) is 0 Å². The zero-order chi connectivity index (χ0) is 38.3. The van der Waals surface area contributed by atoms with Gasteiger partial charge in [0, 0.05) is 50.3 Å². The molecule has 3 aromatic rings. The molecule has 1 fully saturated rings. The molecule has 54 heavy (non-hydrogen) atoms. The van der Waals surface area contributed by atoms with Crippen LogP contribution in [0.1, 0.15) is 55.2 Å². The number of nitrogens with zero attached hydrogens (tertiary/aromatic N) is 3. The van der Waals surface area contributed by atoms with Gasteiger partial charge in [0.25, 0.3) is 15.9 Å². The molecule has 2 aromatic carbocycles. The molecule has 2 aliphatic carbocycles. The lowest BCUT2D eigenvalue weighted by Crippen LogP contribution is -2.50. The smallest absolute Gasteiger partial charge is 0.270 e. The number of benzene rings is 2. The minimum absolute atomic E-state index is 0.0656. The van der Waals surface area contributed by atoms with Gasteiger partial charge in [-0.05, 0) is 97.4 Å². The van der Waals surface area contributed by atoms with Crippen molar-refractivity contribution in [2.75, 3.05) is 52.4 Å². The van der Waals surface area contributed by atoms with Crippen LogP contribution >= 0.6 is 11.6 Å². The molecule has 2 N–H and O–H groups in total. The Morgan fingerprint density at radius 3 is 2.69 bits per heavy atom. The number of anilines is 1. The van der Waals surface area contributed by atoms with Crippen LogP contribution < -0.4 is 19.1 Å². The molecule has 4 aliphatic rings. The van der Waals surface area contributed by atoms with Crippen molar-refractivity contribution in [2.24, 2.45) is 11.8 Å². The van der Waals surface area contributed by atoms with Crippen molar-refractivity contribution in [3.05, 3.63) is 88.6 Å². The number of halogens is 1. The molecule has 1 aromatic heterocycles. The Bertz CT molecular complexity index is 2050. The summed E-state index contributed by atoms with van der Waals surface area (Å²) in [5.41, 5.74) is 0.169. The summed E-state index contributed by atoms with van der Waals surface area (Å²) in [7, 11) is 0.203. The van der Waals surface area contributed by atoms with Crippen LogP contribution in [0.25, 0.3) is 0 Å². The number of nitrogens with one attached hydrogen (secondary N) is 1. The van der Waals surface area contributed by atoms with Gasteiger partial charge in [0.05, 0.1) is 38.1 Å². The van der Waals surface area contributed by atoms with Crippen LogP contribution in [0, 0.1) is 11.8 Å². The number of hydrogen-bond donors (Lipinski definition) is 2. The number of rotatable bonds is 5. The Morgan fingerprint density at radius 1 is 1.13 bits per heavy atom. The summed E-state index contributed by atoms with van der Waals surface area (Å²) in [6.45, 7) is 1.98. The molecule has 12 nitrogen and oxygen atoms in total. The van der Waals surface area contributed by atoms with Gasteiger partial charge >= 0.3 is 0 Å². The van der Waals surface area contributed by atoms with Crippen molar-refractivity contribution in [2.45, 2.75) is 67.0 Å². The summed E-state index contributed by atoms with van der Waals surface area (Å²) < 4.78 is 46.7. The van der Waals surface area contributed by atoms with Crippen molar-refractivity contribution in [1.82, 2.24) is 14.6 Å². The molecule has 2 bridgehead atoms. The molecule has 1 saturated carbocycles. The van der Waals surface area contributed by atoms with E-state index in [9.17, 15) is 23.1 Å². The van der Waals surface area contributed by atoms with Crippen molar-refractivity contribution >= 4 is 39.1 Å². The van der Waals surface area contributed by atoms with Crippen molar-refractivity contribution in [3.63, 3.8) is 0 Å². The second-order valence-electron chi connectivity index (χ2n) is 15.0. The van der Waals surface area contributed by atoms with E-state index < -0.39 is 33.9 Å². The highest BCUT2D eigenvalue weighted by Gasteiger charge is 2.47. The maximum Gasteiger partial charge on any atom is 0.270 e. The van der Waals surface area contributed by atoms with E-state index in [1.54, 1.807) is 26.3 Å². The molecule has 5 atom stereocenters. The zero-order valence-electron chi connectivity index (χ0n) is 30.8. The third kappa shape index (κ3) is 7.30. The molecule has 3 heterocycles. The van der Waals surface area contributed by atoms with Crippen LogP contribution in [-0.2, 0) is 41.8 Å².